The molecule has 0 radical (unpaired) electrons. The second kappa shape index (κ2) is 9.63. The molecule has 0 saturated carbocycles. The molecule has 2 N–H and O–H groups in total. The number of hydrogen-bond donors (Lipinski definition) is 1. The van der Waals surface area contributed by atoms with E-state index in [0.717, 1.165) is 32.1 Å². The lowest BCUT2D eigenvalue weighted by Crippen LogP contribution is -1.97. The van der Waals surface area contributed by atoms with Crippen molar-refractivity contribution in [2.45, 2.75) is 44.9 Å². The highest BCUT2D eigenvalue weighted by molar-refractivity contribution is 5.48. The first kappa shape index (κ1) is 10.6. The van der Waals surface area contributed by atoms with Gasteiger partial charge in [-0.15, -0.1) is 0 Å². The molecule has 11 heavy (non-hydrogen) atoms. The van der Waals surface area contributed by atoms with Crippen LogP contribution in [0.5, 0.6) is 0 Å². The van der Waals surface area contributed by atoms with E-state index in [0.29, 0.717) is 0 Å². The van der Waals surface area contributed by atoms with Gasteiger partial charge in [-0.3, -0.25) is 0 Å². The normalized spacial score (nSPS) is 9.91. The van der Waals surface area contributed by atoms with E-state index < -0.39 is 0 Å². The monoisotopic (exact) mass is 157 g/mol. The maximum Gasteiger partial charge on any atom is 0.119 e. The average molecular weight is 157 g/mol. The van der Waals surface area contributed by atoms with Gasteiger partial charge in [0, 0.05) is 6.42 Å². The predicted molar refractivity (Wildman–Crippen MR) is 47.4 cm³/mol. The van der Waals surface area contributed by atoms with Crippen LogP contribution in [0.25, 0.3) is 0 Å². The summed E-state index contributed by atoms with van der Waals surface area (Å²) in [5, 5.41) is 0. The molecule has 0 saturated heterocycles. The average Bonchev–Trinajstić information content (AvgIpc) is 2.03. The van der Waals surface area contributed by atoms with Gasteiger partial charge in [-0.05, 0) is 19.4 Å². The van der Waals surface area contributed by atoms with Gasteiger partial charge in [0.15, 0.2) is 0 Å². The van der Waals surface area contributed by atoms with Crippen LogP contribution in [0.4, 0.5) is 0 Å². The third kappa shape index (κ3) is 9.63. The van der Waals surface area contributed by atoms with E-state index in [9.17, 15) is 4.79 Å². The third-order valence-corrected chi connectivity index (χ3v) is 1.78. The maximum atomic E-state index is 9.92. The standard InChI is InChI=1S/C9H19NO/c10-8-6-4-2-1-3-5-7-9-11/h9H,1-8,10H2. The van der Waals surface area contributed by atoms with Crippen LogP contribution in [0.2, 0.25) is 0 Å². The van der Waals surface area contributed by atoms with Crippen LogP contribution in [0, 0.1) is 0 Å². The zero-order valence-corrected chi connectivity index (χ0v) is 7.22. The summed E-state index contributed by atoms with van der Waals surface area (Å²) in [5.74, 6) is 0. The molecule has 0 rings (SSSR count). The zero-order chi connectivity index (χ0) is 8.36. The smallest absolute Gasteiger partial charge is 0.119 e. The van der Waals surface area contributed by atoms with Crippen LogP contribution in [0.1, 0.15) is 44.9 Å². The molecule has 0 aromatic heterocycles. The van der Waals surface area contributed by atoms with Gasteiger partial charge in [-0.25, -0.2) is 0 Å². The van der Waals surface area contributed by atoms with E-state index in [1.807, 2.05) is 0 Å². The number of hydrogen-bond acceptors (Lipinski definition) is 2. The van der Waals surface area contributed by atoms with Crippen molar-refractivity contribution in [3.05, 3.63) is 0 Å². The summed E-state index contributed by atoms with van der Waals surface area (Å²) in [4.78, 5) is 9.92. The van der Waals surface area contributed by atoms with Gasteiger partial charge in [-0.2, -0.15) is 0 Å². The fourth-order valence-electron chi connectivity index (χ4n) is 1.08. The molecule has 0 aromatic rings. The first-order valence-electron chi connectivity index (χ1n) is 4.55. The van der Waals surface area contributed by atoms with Crippen LogP contribution in [0.15, 0.2) is 0 Å². The Morgan fingerprint density at radius 1 is 0.909 bits per heavy atom. The second-order valence-corrected chi connectivity index (χ2v) is 2.87. The van der Waals surface area contributed by atoms with Gasteiger partial charge >= 0.3 is 0 Å². The van der Waals surface area contributed by atoms with E-state index in [4.69, 9.17) is 5.73 Å². The maximum absolute atomic E-state index is 9.92. The van der Waals surface area contributed by atoms with Gasteiger partial charge in [-0.1, -0.05) is 25.7 Å². The Morgan fingerprint density at radius 2 is 1.45 bits per heavy atom. The highest BCUT2D eigenvalue weighted by atomic mass is 16.1. The molecule has 2 heteroatoms. The Bertz CT molecular complexity index is 83.6. The van der Waals surface area contributed by atoms with Crippen LogP contribution in [-0.4, -0.2) is 12.8 Å². The summed E-state index contributed by atoms with van der Waals surface area (Å²) in [6.07, 6.45) is 8.92. The number of unbranched alkanes of at least 4 members (excludes halogenated alkanes) is 6. The lowest BCUT2D eigenvalue weighted by molar-refractivity contribution is -0.107. The van der Waals surface area contributed by atoms with Crippen molar-refractivity contribution >= 4 is 6.29 Å². The molecule has 0 atom stereocenters. The highest BCUT2D eigenvalue weighted by Crippen LogP contribution is 2.05. The fraction of sp³-hybridized carbons (Fsp3) is 0.889. The van der Waals surface area contributed by atoms with Crippen LogP contribution < -0.4 is 5.73 Å². The quantitative estimate of drug-likeness (QED) is 0.432. The Kier molecular flexibility index (Phi) is 9.31. The molecular formula is C9H19NO. The summed E-state index contributed by atoms with van der Waals surface area (Å²) in [5.41, 5.74) is 5.34. The largest absolute Gasteiger partial charge is 0.330 e. The molecule has 0 aliphatic heterocycles. The minimum Gasteiger partial charge on any atom is -0.330 e. The van der Waals surface area contributed by atoms with Crippen LogP contribution in [0.3, 0.4) is 0 Å². The van der Waals surface area contributed by atoms with Gasteiger partial charge in [0.1, 0.15) is 6.29 Å². The van der Waals surface area contributed by atoms with Gasteiger partial charge in [0.2, 0.25) is 0 Å². The summed E-state index contributed by atoms with van der Waals surface area (Å²) < 4.78 is 0. The SMILES string of the molecule is NCCCCCCCCC=O. The van der Waals surface area contributed by atoms with Crippen molar-refractivity contribution in [2.75, 3.05) is 6.54 Å². The number of aldehydes is 1. The molecule has 0 bridgehead atoms. The van der Waals surface area contributed by atoms with Crippen molar-refractivity contribution in [3.63, 3.8) is 0 Å². The van der Waals surface area contributed by atoms with Gasteiger partial charge in [0.25, 0.3) is 0 Å². The molecule has 0 unspecified atom stereocenters. The molecule has 0 spiro atoms. The van der Waals surface area contributed by atoms with E-state index >= 15 is 0 Å². The first-order chi connectivity index (χ1) is 5.41. The van der Waals surface area contributed by atoms with Crippen molar-refractivity contribution in [1.29, 1.82) is 0 Å². The second-order valence-electron chi connectivity index (χ2n) is 2.87. The molecule has 0 fully saturated rings. The first-order valence-corrected chi connectivity index (χ1v) is 4.55. The van der Waals surface area contributed by atoms with Gasteiger partial charge < -0.3 is 10.5 Å². The summed E-state index contributed by atoms with van der Waals surface area (Å²) in [6, 6.07) is 0. The van der Waals surface area contributed by atoms with Crippen LogP contribution >= 0.6 is 0 Å². The van der Waals surface area contributed by atoms with E-state index in [1.54, 1.807) is 0 Å². The van der Waals surface area contributed by atoms with E-state index in [2.05, 4.69) is 0 Å². The Morgan fingerprint density at radius 3 is 2.00 bits per heavy atom. The van der Waals surface area contributed by atoms with Crippen molar-refractivity contribution in [2.24, 2.45) is 5.73 Å². The summed E-state index contributed by atoms with van der Waals surface area (Å²) in [7, 11) is 0. The van der Waals surface area contributed by atoms with Gasteiger partial charge in [0.05, 0.1) is 0 Å². The van der Waals surface area contributed by atoms with Crippen molar-refractivity contribution in [1.82, 2.24) is 0 Å². The van der Waals surface area contributed by atoms with Crippen LogP contribution in [-0.2, 0) is 4.79 Å². The van der Waals surface area contributed by atoms with Crippen molar-refractivity contribution < 1.29 is 4.79 Å². The zero-order valence-electron chi connectivity index (χ0n) is 7.22. The van der Waals surface area contributed by atoms with Crippen molar-refractivity contribution in [3.8, 4) is 0 Å². The number of rotatable bonds is 8. The topological polar surface area (TPSA) is 43.1 Å². The molecule has 2 nitrogen and oxygen atoms in total. The summed E-state index contributed by atoms with van der Waals surface area (Å²) in [6.45, 7) is 0.814. The molecule has 66 valence electrons. The lowest BCUT2D eigenvalue weighted by Gasteiger charge is -1.97. The Hall–Kier alpha value is -0.370. The Balaban J connectivity index is 2.74. The minimum absolute atomic E-state index is 0.733. The predicted octanol–water partition coefficient (Wildman–Crippen LogP) is 1.87. The molecular weight excluding hydrogens is 138 g/mol. The number of carbonyl (C=O) groups excluding carboxylic acids is 1. The number of carbonyl (C=O) groups is 1. The highest BCUT2D eigenvalue weighted by Gasteiger charge is 1.89. The molecule has 0 aliphatic rings. The summed E-state index contributed by atoms with van der Waals surface area (Å²) >= 11 is 0. The molecule has 0 heterocycles. The fourth-order valence-corrected chi connectivity index (χ4v) is 1.08. The number of nitrogens with two attached hydrogens (primary N) is 1. The van der Waals surface area contributed by atoms with E-state index in [-0.39, 0.29) is 0 Å². The molecule has 0 aliphatic carbocycles. The Labute approximate surface area is 69.2 Å². The minimum atomic E-state index is 0.733. The van der Waals surface area contributed by atoms with E-state index in [1.165, 1.54) is 25.7 Å². The lowest BCUT2D eigenvalue weighted by atomic mass is 10.1. The molecule has 0 aromatic carbocycles. The molecule has 0 amide bonds. The third-order valence-electron chi connectivity index (χ3n) is 1.78.